The third kappa shape index (κ3) is 5.57. The number of imidazole rings is 1. The van der Waals surface area contributed by atoms with Gasteiger partial charge in [0.15, 0.2) is 0 Å². The van der Waals surface area contributed by atoms with Crippen molar-refractivity contribution in [2.75, 3.05) is 13.1 Å². The molecule has 11 heteroatoms. The number of likely N-dealkylation sites (tertiary alicyclic amines) is 1. The molecule has 0 aliphatic carbocycles. The first-order chi connectivity index (χ1) is 19.2. The molecular weight excluding hydrogens is 533 g/mol. The zero-order valence-electron chi connectivity index (χ0n) is 22.3. The third-order valence-electron chi connectivity index (χ3n) is 7.32. The average molecular weight is 566 g/mol. The quantitative estimate of drug-likeness (QED) is 0.350. The molecule has 1 fully saturated rings. The number of piperidine rings is 1. The van der Waals surface area contributed by atoms with Crippen molar-refractivity contribution < 1.29 is 17.6 Å². The van der Waals surface area contributed by atoms with Crippen LogP contribution in [0.25, 0.3) is 22.2 Å². The molecule has 1 aliphatic heterocycles. The lowest BCUT2D eigenvalue weighted by atomic mass is 10.0. The van der Waals surface area contributed by atoms with Crippen LogP contribution in [0.4, 0.5) is 4.39 Å². The van der Waals surface area contributed by atoms with Gasteiger partial charge in [0.25, 0.3) is 5.56 Å². The molecule has 0 atom stereocenters. The highest BCUT2D eigenvalue weighted by Gasteiger charge is 2.21. The number of sulfonamides is 1. The Kier molecular flexibility index (Phi) is 7.86. The highest BCUT2D eigenvalue weighted by atomic mass is 32.2. The summed E-state index contributed by atoms with van der Waals surface area (Å²) in [6.07, 6.45) is 5.98. The normalized spacial score (nSPS) is 14.1. The Morgan fingerprint density at radius 2 is 1.82 bits per heavy atom. The number of carbonyl (C=O) groups excluding carboxylic acids is 1. The molecule has 1 saturated heterocycles. The molecule has 2 aromatic heterocycles. The molecular formula is C29H32FN5O4S. The number of nitrogens with two attached hydrogens (primary N) is 1. The highest BCUT2D eigenvalue weighted by Crippen LogP contribution is 2.28. The minimum Gasteiger partial charge on any atom is -0.341 e. The van der Waals surface area contributed by atoms with Gasteiger partial charge in [-0.05, 0) is 49.4 Å². The van der Waals surface area contributed by atoms with Gasteiger partial charge in [-0.3, -0.25) is 9.59 Å². The summed E-state index contributed by atoms with van der Waals surface area (Å²) in [7, 11) is -4.01. The molecule has 3 heterocycles. The van der Waals surface area contributed by atoms with E-state index in [4.69, 9.17) is 5.14 Å². The number of benzene rings is 2. The van der Waals surface area contributed by atoms with E-state index < -0.39 is 15.8 Å². The van der Waals surface area contributed by atoms with Crippen molar-refractivity contribution in [3.63, 3.8) is 0 Å². The van der Waals surface area contributed by atoms with Gasteiger partial charge in [0.2, 0.25) is 15.9 Å². The van der Waals surface area contributed by atoms with Crippen LogP contribution in [0.3, 0.4) is 0 Å². The van der Waals surface area contributed by atoms with Gasteiger partial charge >= 0.3 is 0 Å². The van der Waals surface area contributed by atoms with Crippen molar-refractivity contribution in [2.45, 2.75) is 57.0 Å². The fourth-order valence-electron chi connectivity index (χ4n) is 5.29. The first kappa shape index (κ1) is 27.7. The first-order valence-corrected chi connectivity index (χ1v) is 15.0. The van der Waals surface area contributed by atoms with E-state index >= 15 is 4.39 Å². The second-order valence-electron chi connectivity index (χ2n) is 10.1. The Morgan fingerprint density at radius 3 is 2.52 bits per heavy atom. The Hall–Kier alpha value is -3.83. The van der Waals surface area contributed by atoms with Gasteiger partial charge in [-0.2, -0.15) is 0 Å². The monoisotopic (exact) mass is 565 g/mol. The van der Waals surface area contributed by atoms with E-state index in [1.165, 1.54) is 16.7 Å². The summed E-state index contributed by atoms with van der Waals surface area (Å²) in [5.41, 5.74) is 1.45. The Bertz CT molecular complexity index is 1740. The SMILES string of the molecule is CCCc1nc2ccn(CC(=O)N3CCCCC3)c(=O)c2n1Cc1ccc(-c2ccccc2S(N)(=O)=O)cc1F. The van der Waals surface area contributed by atoms with E-state index in [2.05, 4.69) is 4.98 Å². The lowest BCUT2D eigenvalue weighted by Gasteiger charge is -2.26. The van der Waals surface area contributed by atoms with E-state index in [0.717, 1.165) is 25.7 Å². The minimum absolute atomic E-state index is 0.0497. The smallest absolute Gasteiger partial charge is 0.277 e. The average Bonchev–Trinajstić information content (AvgIpc) is 3.29. The Morgan fingerprint density at radius 1 is 1.07 bits per heavy atom. The van der Waals surface area contributed by atoms with Crippen molar-refractivity contribution >= 4 is 27.0 Å². The maximum Gasteiger partial charge on any atom is 0.277 e. The summed E-state index contributed by atoms with van der Waals surface area (Å²) >= 11 is 0. The molecule has 40 heavy (non-hydrogen) atoms. The van der Waals surface area contributed by atoms with E-state index in [1.807, 2.05) is 6.92 Å². The molecule has 210 valence electrons. The molecule has 5 rings (SSSR count). The number of halogens is 1. The van der Waals surface area contributed by atoms with Gasteiger partial charge < -0.3 is 14.0 Å². The zero-order chi connectivity index (χ0) is 28.4. The predicted molar refractivity (Wildman–Crippen MR) is 151 cm³/mol. The van der Waals surface area contributed by atoms with Gasteiger partial charge in [0, 0.05) is 36.8 Å². The van der Waals surface area contributed by atoms with Gasteiger partial charge in [-0.1, -0.05) is 37.3 Å². The summed E-state index contributed by atoms with van der Waals surface area (Å²) in [6.45, 7) is 3.39. The second kappa shape index (κ2) is 11.3. The van der Waals surface area contributed by atoms with Crippen LogP contribution in [0.2, 0.25) is 0 Å². The maximum absolute atomic E-state index is 15.5. The van der Waals surface area contributed by atoms with Crippen molar-refractivity contribution in [1.29, 1.82) is 0 Å². The number of rotatable bonds is 8. The molecule has 2 N–H and O–H groups in total. The molecule has 9 nitrogen and oxygen atoms in total. The third-order valence-corrected chi connectivity index (χ3v) is 8.29. The number of fused-ring (bicyclic) bond motifs is 1. The van der Waals surface area contributed by atoms with Crippen LogP contribution in [0.1, 0.15) is 44.0 Å². The summed E-state index contributed by atoms with van der Waals surface area (Å²) in [6, 6.07) is 12.4. The molecule has 4 aromatic rings. The molecule has 1 amide bonds. The number of aromatic nitrogens is 3. The van der Waals surface area contributed by atoms with Gasteiger partial charge in [0.05, 0.1) is 17.0 Å². The summed E-state index contributed by atoms with van der Waals surface area (Å²) in [4.78, 5) is 32.8. The standard InChI is InChI=1S/C29H32FN5O4S/c1-2-8-26-32-24-13-16-34(19-27(36)33-14-6-3-7-15-33)29(37)28(24)35(26)18-21-12-11-20(17-23(21)30)22-9-4-5-10-25(22)40(31,38)39/h4-5,9-13,16-17H,2-3,6-8,14-15,18-19H2,1H3,(H2,31,38,39). The number of aryl methyl sites for hydroxylation is 1. The van der Waals surface area contributed by atoms with Gasteiger partial charge in [-0.15, -0.1) is 0 Å². The van der Waals surface area contributed by atoms with Crippen LogP contribution in [0.15, 0.2) is 64.4 Å². The van der Waals surface area contributed by atoms with Crippen molar-refractivity contribution in [3.05, 3.63) is 82.3 Å². The number of amides is 1. The molecule has 1 aliphatic rings. The molecule has 0 bridgehead atoms. The molecule has 2 aromatic carbocycles. The Labute approximate surface area is 232 Å². The topological polar surface area (TPSA) is 120 Å². The first-order valence-electron chi connectivity index (χ1n) is 13.4. The van der Waals surface area contributed by atoms with E-state index in [1.54, 1.807) is 52.1 Å². The van der Waals surface area contributed by atoms with Gasteiger partial charge in [-0.25, -0.2) is 22.9 Å². The summed E-state index contributed by atoms with van der Waals surface area (Å²) in [5, 5.41) is 5.36. The van der Waals surface area contributed by atoms with Crippen LogP contribution in [0, 0.1) is 5.82 Å². The van der Waals surface area contributed by atoms with E-state index in [0.29, 0.717) is 53.1 Å². The number of pyridine rings is 1. The van der Waals surface area contributed by atoms with Crippen molar-refractivity contribution in [1.82, 2.24) is 19.0 Å². The predicted octanol–water partition coefficient (Wildman–Crippen LogP) is 3.66. The van der Waals surface area contributed by atoms with Crippen molar-refractivity contribution in [2.24, 2.45) is 5.14 Å². The van der Waals surface area contributed by atoms with Crippen LogP contribution in [-0.2, 0) is 34.3 Å². The molecule has 0 saturated carbocycles. The lowest BCUT2D eigenvalue weighted by Crippen LogP contribution is -2.39. The number of hydrogen-bond acceptors (Lipinski definition) is 5. The number of hydrogen-bond donors (Lipinski definition) is 1. The maximum atomic E-state index is 15.5. The van der Waals surface area contributed by atoms with Crippen LogP contribution in [-0.4, -0.2) is 46.4 Å². The van der Waals surface area contributed by atoms with Crippen LogP contribution < -0.4 is 10.7 Å². The van der Waals surface area contributed by atoms with Gasteiger partial charge in [0.1, 0.15) is 23.7 Å². The second-order valence-corrected chi connectivity index (χ2v) is 11.7. The number of nitrogens with zero attached hydrogens (tertiary/aromatic N) is 4. The van der Waals surface area contributed by atoms with E-state index in [-0.39, 0.29) is 29.5 Å². The Balaban J connectivity index is 1.51. The summed E-state index contributed by atoms with van der Waals surface area (Å²) in [5.74, 6) is 0.00251. The molecule has 0 spiro atoms. The van der Waals surface area contributed by atoms with Crippen LogP contribution >= 0.6 is 0 Å². The number of carbonyl (C=O) groups is 1. The summed E-state index contributed by atoms with van der Waals surface area (Å²) < 4.78 is 42.7. The van der Waals surface area contributed by atoms with E-state index in [9.17, 15) is 18.0 Å². The van der Waals surface area contributed by atoms with Crippen molar-refractivity contribution in [3.8, 4) is 11.1 Å². The highest BCUT2D eigenvalue weighted by molar-refractivity contribution is 7.89. The fourth-order valence-corrected chi connectivity index (χ4v) is 6.05. The number of primary sulfonamides is 1. The zero-order valence-corrected chi connectivity index (χ0v) is 23.2. The lowest BCUT2D eigenvalue weighted by molar-refractivity contribution is -0.132. The molecule has 0 unspecified atom stereocenters. The minimum atomic E-state index is -4.01. The molecule has 0 radical (unpaired) electrons. The fraction of sp³-hybridized carbons (Fsp3) is 0.345. The largest absolute Gasteiger partial charge is 0.341 e. The van der Waals surface area contributed by atoms with Crippen LogP contribution in [0.5, 0.6) is 0 Å².